The van der Waals surface area contributed by atoms with Crippen molar-refractivity contribution in [3.63, 3.8) is 0 Å². The second-order valence-electron chi connectivity index (χ2n) is 9.13. The number of carbonyl (C=O) groups excluding carboxylic acids is 1. The number of amides is 1. The predicted octanol–water partition coefficient (Wildman–Crippen LogP) is 3.84. The zero-order valence-electron chi connectivity index (χ0n) is 17.5. The second-order valence-corrected chi connectivity index (χ2v) is 9.13. The summed E-state index contributed by atoms with van der Waals surface area (Å²) in [4.78, 5) is 32.6. The maximum Gasteiger partial charge on any atom is 0.278 e. The largest absolute Gasteiger partial charge is 0.364 e. The summed E-state index contributed by atoms with van der Waals surface area (Å²) in [5.74, 6) is 0.206. The molecule has 2 N–H and O–H groups in total. The maximum atomic E-state index is 12.0. The zero-order chi connectivity index (χ0) is 22.2. The number of nitro benzene ring substituents is 1. The third-order valence-electron chi connectivity index (χ3n) is 7.27. The van der Waals surface area contributed by atoms with Crippen LogP contribution < -0.4 is 5.73 Å². The number of imidazole rings is 1. The molecule has 8 nitrogen and oxygen atoms in total. The van der Waals surface area contributed by atoms with Gasteiger partial charge >= 0.3 is 0 Å². The Morgan fingerprint density at radius 3 is 2.59 bits per heavy atom. The van der Waals surface area contributed by atoms with E-state index in [4.69, 9.17) is 10.7 Å². The van der Waals surface area contributed by atoms with Crippen LogP contribution in [0.15, 0.2) is 53.8 Å². The van der Waals surface area contributed by atoms with E-state index in [9.17, 15) is 14.9 Å². The van der Waals surface area contributed by atoms with Crippen LogP contribution in [0.25, 0.3) is 5.69 Å². The van der Waals surface area contributed by atoms with Crippen LogP contribution in [0.3, 0.4) is 0 Å². The number of nitro groups is 1. The van der Waals surface area contributed by atoms with E-state index in [1.807, 2.05) is 17.6 Å². The van der Waals surface area contributed by atoms with Gasteiger partial charge in [0.15, 0.2) is 5.69 Å². The van der Waals surface area contributed by atoms with Gasteiger partial charge in [-0.15, -0.1) is 0 Å². The van der Waals surface area contributed by atoms with Gasteiger partial charge < -0.3 is 5.73 Å². The molecule has 1 aliphatic heterocycles. The van der Waals surface area contributed by atoms with Gasteiger partial charge in [0.25, 0.3) is 11.6 Å². The van der Waals surface area contributed by atoms with E-state index in [0.29, 0.717) is 17.0 Å². The fraction of sp³-hybridized carbons (Fsp3) is 0.292. The van der Waals surface area contributed by atoms with Gasteiger partial charge in [-0.2, -0.15) is 0 Å². The molecule has 2 heterocycles. The molecular weight excluding hydrogens is 406 g/mol. The third-order valence-corrected chi connectivity index (χ3v) is 7.27. The lowest BCUT2D eigenvalue weighted by Gasteiger charge is -2.62. The lowest BCUT2D eigenvalue weighted by molar-refractivity contribution is -0.385. The molecule has 1 aromatic heterocycles. The van der Waals surface area contributed by atoms with Crippen molar-refractivity contribution in [3.05, 3.63) is 87.0 Å². The van der Waals surface area contributed by atoms with E-state index < -0.39 is 11.9 Å². The Morgan fingerprint density at radius 2 is 1.94 bits per heavy atom. The first-order valence-corrected chi connectivity index (χ1v) is 10.7. The standard InChI is InChI=1S/C24H21N5O3/c1-13-22-21(23(25)30)26-12-28(22)18-7-6-15(24-9-14(10-24)11-24)8-17(18)20(27-13)16-4-2-3-5-19(16)29(31)32/h2-8,12-14H,9-11H2,1H3,(H2,25,30)/t13-,14?,24?/m1/s1. The molecular formula is C24H21N5O3. The van der Waals surface area contributed by atoms with Crippen LogP contribution in [0.1, 0.15) is 65.1 Å². The molecule has 2 bridgehead atoms. The van der Waals surface area contributed by atoms with Crippen LogP contribution in [0.4, 0.5) is 5.69 Å². The van der Waals surface area contributed by atoms with E-state index in [2.05, 4.69) is 17.1 Å². The number of hydrogen-bond acceptors (Lipinski definition) is 5. The Kier molecular flexibility index (Phi) is 3.75. The first-order chi connectivity index (χ1) is 15.4. The third kappa shape index (κ3) is 2.46. The highest BCUT2D eigenvalue weighted by atomic mass is 16.6. The summed E-state index contributed by atoms with van der Waals surface area (Å²) < 4.78 is 1.84. The summed E-state index contributed by atoms with van der Waals surface area (Å²) in [6, 6.07) is 12.5. The van der Waals surface area contributed by atoms with E-state index >= 15 is 0 Å². The van der Waals surface area contributed by atoms with Crippen molar-refractivity contribution >= 4 is 17.3 Å². The molecule has 3 fully saturated rings. The van der Waals surface area contributed by atoms with Crippen LogP contribution >= 0.6 is 0 Å². The summed E-state index contributed by atoms with van der Waals surface area (Å²) in [6.07, 6.45) is 5.18. The summed E-state index contributed by atoms with van der Waals surface area (Å²) in [5, 5.41) is 11.8. The second kappa shape index (κ2) is 6.35. The first kappa shape index (κ1) is 18.9. The van der Waals surface area contributed by atoms with Crippen molar-refractivity contribution in [2.45, 2.75) is 37.6 Å². The molecule has 8 heteroatoms. The molecule has 4 aliphatic rings. The number of carbonyl (C=O) groups is 1. The van der Waals surface area contributed by atoms with Crippen LogP contribution in [-0.2, 0) is 5.41 Å². The topological polar surface area (TPSA) is 116 Å². The molecule has 3 aliphatic carbocycles. The molecule has 7 rings (SSSR count). The van der Waals surface area contributed by atoms with Crippen molar-refractivity contribution in [3.8, 4) is 5.69 Å². The Bertz CT molecular complexity index is 1340. The molecule has 32 heavy (non-hydrogen) atoms. The Hall–Kier alpha value is -3.81. The number of aliphatic imine (C=N–C) groups is 1. The van der Waals surface area contributed by atoms with Gasteiger partial charge in [-0.05, 0) is 61.3 Å². The summed E-state index contributed by atoms with van der Waals surface area (Å²) in [7, 11) is 0. The molecule has 3 aromatic rings. The van der Waals surface area contributed by atoms with Gasteiger partial charge in [0.2, 0.25) is 0 Å². The molecule has 1 amide bonds. The molecule has 3 saturated carbocycles. The Morgan fingerprint density at radius 1 is 1.19 bits per heavy atom. The van der Waals surface area contributed by atoms with Gasteiger partial charge in [0.05, 0.1) is 33.6 Å². The minimum absolute atomic E-state index is 0.000138. The highest BCUT2D eigenvalue weighted by Gasteiger charge is 2.57. The van der Waals surface area contributed by atoms with Crippen molar-refractivity contribution in [2.75, 3.05) is 0 Å². The van der Waals surface area contributed by atoms with Gasteiger partial charge in [-0.25, -0.2) is 4.98 Å². The van der Waals surface area contributed by atoms with Crippen LogP contribution in [0.5, 0.6) is 0 Å². The quantitative estimate of drug-likeness (QED) is 0.503. The minimum atomic E-state index is -0.623. The molecule has 0 unspecified atom stereocenters. The monoisotopic (exact) mass is 427 g/mol. The van der Waals surface area contributed by atoms with Crippen molar-refractivity contribution < 1.29 is 9.72 Å². The number of rotatable bonds is 4. The highest BCUT2D eigenvalue weighted by Crippen LogP contribution is 2.65. The lowest BCUT2D eigenvalue weighted by atomic mass is 9.42. The number of nitrogens with two attached hydrogens (primary N) is 1. The predicted molar refractivity (Wildman–Crippen MR) is 118 cm³/mol. The van der Waals surface area contributed by atoms with Gasteiger partial charge in [0, 0.05) is 11.6 Å². The fourth-order valence-corrected chi connectivity index (χ4v) is 5.61. The van der Waals surface area contributed by atoms with E-state index in [0.717, 1.165) is 17.2 Å². The number of aromatic nitrogens is 2. The summed E-state index contributed by atoms with van der Waals surface area (Å²) in [5.41, 5.74) is 10.4. The maximum absolute atomic E-state index is 12.0. The van der Waals surface area contributed by atoms with Crippen LogP contribution in [0.2, 0.25) is 0 Å². The molecule has 1 atom stereocenters. The number of primary amides is 1. The summed E-state index contributed by atoms with van der Waals surface area (Å²) >= 11 is 0. The average molecular weight is 427 g/mol. The van der Waals surface area contributed by atoms with E-state index in [1.54, 1.807) is 24.5 Å². The van der Waals surface area contributed by atoms with Gasteiger partial charge in [-0.1, -0.05) is 18.2 Å². The van der Waals surface area contributed by atoms with Crippen molar-refractivity contribution in [1.82, 2.24) is 9.55 Å². The smallest absolute Gasteiger partial charge is 0.278 e. The number of para-hydroxylation sites is 1. The van der Waals surface area contributed by atoms with Crippen molar-refractivity contribution in [2.24, 2.45) is 16.6 Å². The number of fused-ring (bicyclic) bond motifs is 3. The molecule has 0 spiro atoms. The van der Waals surface area contributed by atoms with E-state index in [-0.39, 0.29) is 21.7 Å². The van der Waals surface area contributed by atoms with Crippen LogP contribution in [0, 0.1) is 16.0 Å². The Labute approximate surface area is 184 Å². The van der Waals surface area contributed by atoms with Crippen molar-refractivity contribution in [1.29, 1.82) is 0 Å². The molecule has 0 saturated heterocycles. The number of nitrogens with zero attached hydrogens (tertiary/aromatic N) is 4. The first-order valence-electron chi connectivity index (χ1n) is 10.7. The Balaban J connectivity index is 1.63. The zero-order valence-corrected chi connectivity index (χ0v) is 17.5. The highest BCUT2D eigenvalue weighted by molar-refractivity contribution is 6.17. The number of benzene rings is 2. The van der Waals surface area contributed by atoms with E-state index in [1.165, 1.54) is 30.9 Å². The summed E-state index contributed by atoms with van der Waals surface area (Å²) in [6.45, 7) is 1.85. The van der Waals surface area contributed by atoms with Gasteiger partial charge in [0.1, 0.15) is 6.33 Å². The SMILES string of the molecule is C[C@H]1N=C(c2ccccc2[N+](=O)[O-])c2cc(C34CC(C3)C4)ccc2-n2cnc(C(N)=O)c21. The normalized spacial score (nSPS) is 24.8. The fourth-order valence-electron chi connectivity index (χ4n) is 5.61. The molecule has 160 valence electrons. The lowest BCUT2D eigenvalue weighted by Crippen LogP contribution is -2.55. The number of hydrogen-bond donors (Lipinski definition) is 1. The van der Waals surface area contributed by atoms with Gasteiger partial charge in [-0.3, -0.25) is 24.5 Å². The molecule has 2 aromatic carbocycles. The average Bonchev–Trinajstić information content (AvgIpc) is 3.10. The van der Waals surface area contributed by atoms with Crippen LogP contribution in [-0.4, -0.2) is 26.1 Å². The molecule has 0 radical (unpaired) electrons. The minimum Gasteiger partial charge on any atom is -0.364 e.